The van der Waals surface area contributed by atoms with Gasteiger partial charge in [0.15, 0.2) is 0 Å². The van der Waals surface area contributed by atoms with Gasteiger partial charge in [-0.1, -0.05) is 12.8 Å². The van der Waals surface area contributed by atoms with Crippen molar-refractivity contribution in [2.75, 3.05) is 19.6 Å². The van der Waals surface area contributed by atoms with Gasteiger partial charge in [-0.2, -0.15) is 0 Å². The molecule has 1 aliphatic heterocycles. The van der Waals surface area contributed by atoms with E-state index in [0.717, 1.165) is 12.8 Å². The lowest BCUT2D eigenvalue weighted by Crippen LogP contribution is -2.57. The van der Waals surface area contributed by atoms with E-state index in [1.807, 2.05) is 4.90 Å². The highest BCUT2D eigenvalue weighted by molar-refractivity contribution is 5.99. The van der Waals surface area contributed by atoms with Crippen LogP contribution in [0.25, 0.3) is 0 Å². The summed E-state index contributed by atoms with van der Waals surface area (Å²) >= 11 is 0. The van der Waals surface area contributed by atoms with Crippen molar-refractivity contribution in [3.63, 3.8) is 0 Å². The molecule has 0 aromatic rings. The van der Waals surface area contributed by atoms with Gasteiger partial charge in [0.1, 0.15) is 0 Å². The number of carbonyl (C=O) groups excluding carboxylic acids is 2. The molecule has 0 bridgehead atoms. The minimum absolute atomic E-state index is 0.183. The summed E-state index contributed by atoms with van der Waals surface area (Å²) in [6, 6.07) is 0.314. The summed E-state index contributed by atoms with van der Waals surface area (Å²) in [5.74, 6) is 0.0719. The third-order valence-corrected chi connectivity index (χ3v) is 3.61. The second kappa shape index (κ2) is 4.93. The summed E-state index contributed by atoms with van der Waals surface area (Å²) in [7, 11) is 0. The fraction of sp³-hybridized carbons (Fsp3) is 0.818. The summed E-state index contributed by atoms with van der Waals surface area (Å²) in [6.07, 6.45) is 4.57. The largest absolute Gasteiger partial charge is 0.330 e. The predicted molar refractivity (Wildman–Crippen MR) is 59.5 cm³/mol. The van der Waals surface area contributed by atoms with E-state index in [0.29, 0.717) is 31.6 Å². The molecule has 1 saturated heterocycles. The second-order valence-electron chi connectivity index (χ2n) is 4.72. The van der Waals surface area contributed by atoms with E-state index >= 15 is 0 Å². The van der Waals surface area contributed by atoms with E-state index in [4.69, 9.17) is 5.73 Å². The SMILES string of the molecule is NCC1CCCCC1N1CC(=O)NC(=O)C1. The molecule has 2 amide bonds. The van der Waals surface area contributed by atoms with E-state index < -0.39 is 0 Å². The average molecular weight is 225 g/mol. The first-order valence-corrected chi connectivity index (χ1v) is 5.97. The third kappa shape index (κ3) is 2.41. The molecule has 3 N–H and O–H groups in total. The fourth-order valence-corrected chi connectivity index (χ4v) is 2.84. The lowest BCUT2D eigenvalue weighted by Gasteiger charge is -2.40. The van der Waals surface area contributed by atoms with Gasteiger partial charge in [0.25, 0.3) is 0 Å². The molecule has 90 valence electrons. The van der Waals surface area contributed by atoms with Crippen LogP contribution in [0.3, 0.4) is 0 Å². The van der Waals surface area contributed by atoms with Crippen molar-refractivity contribution in [2.24, 2.45) is 11.7 Å². The van der Waals surface area contributed by atoms with Crippen LogP contribution in [0.15, 0.2) is 0 Å². The van der Waals surface area contributed by atoms with Crippen molar-refractivity contribution in [2.45, 2.75) is 31.7 Å². The molecule has 5 nitrogen and oxygen atoms in total. The first-order chi connectivity index (χ1) is 7.70. The molecule has 5 heteroatoms. The first-order valence-electron chi connectivity index (χ1n) is 5.97. The van der Waals surface area contributed by atoms with Crippen LogP contribution >= 0.6 is 0 Å². The minimum Gasteiger partial charge on any atom is -0.330 e. The smallest absolute Gasteiger partial charge is 0.240 e. The van der Waals surface area contributed by atoms with Crippen molar-refractivity contribution in [1.82, 2.24) is 10.2 Å². The van der Waals surface area contributed by atoms with Crippen LogP contribution in [0.1, 0.15) is 25.7 Å². The summed E-state index contributed by atoms with van der Waals surface area (Å²) in [4.78, 5) is 24.6. The quantitative estimate of drug-likeness (QED) is 0.619. The van der Waals surface area contributed by atoms with Crippen LogP contribution < -0.4 is 11.1 Å². The number of nitrogens with one attached hydrogen (secondary N) is 1. The molecule has 2 rings (SSSR count). The predicted octanol–water partition coefficient (Wildman–Crippen LogP) is -0.538. The van der Waals surface area contributed by atoms with Gasteiger partial charge < -0.3 is 5.73 Å². The number of hydrogen-bond donors (Lipinski definition) is 2. The highest BCUT2D eigenvalue weighted by atomic mass is 16.2. The van der Waals surface area contributed by atoms with Crippen LogP contribution in [-0.4, -0.2) is 42.4 Å². The zero-order valence-corrected chi connectivity index (χ0v) is 9.45. The number of nitrogens with zero attached hydrogens (tertiary/aromatic N) is 1. The zero-order valence-electron chi connectivity index (χ0n) is 9.45. The van der Waals surface area contributed by atoms with Gasteiger partial charge in [0.2, 0.25) is 11.8 Å². The molecule has 0 aromatic heterocycles. The van der Waals surface area contributed by atoms with Crippen LogP contribution in [0.4, 0.5) is 0 Å². The number of hydrogen-bond acceptors (Lipinski definition) is 4. The first kappa shape index (κ1) is 11.5. The van der Waals surface area contributed by atoms with Crippen LogP contribution in [0, 0.1) is 5.92 Å². The normalized spacial score (nSPS) is 32.6. The highest BCUT2D eigenvalue weighted by Gasteiger charge is 2.33. The number of nitrogens with two attached hydrogens (primary N) is 1. The Balaban J connectivity index is 2.03. The molecular formula is C11H19N3O2. The maximum atomic E-state index is 11.3. The standard InChI is InChI=1S/C11H19N3O2/c12-5-8-3-1-2-4-9(8)14-6-10(15)13-11(16)7-14/h8-9H,1-7,12H2,(H,13,15,16). The maximum absolute atomic E-state index is 11.3. The Morgan fingerprint density at radius 1 is 1.19 bits per heavy atom. The number of amides is 2. The Labute approximate surface area is 95.3 Å². The van der Waals surface area contributed by atoms with Gasteiger partial charge in [-0.3, -0.25) is 19.8 Å². The van der Waals surface area contributed by atoms with E-state index in [9.17, 15) is 9.59 Å². The van der Waals surface area contributed by atoms with E-state index in [1.54, 1.807) is 0 Å². The lowest BCUT2D eigenvalue weighted by molar-refractivity contribution is -0.138. The number of rotatable bonds is 2. The fourth-order valence-electron chi connectivity index (χ4n) is 2.84. The van der Waals surface area contributed by atoms with Crippen molar-refractivity contribution in [3.8, 4) is 0 Å². The van der Waals surface area contributed by atoms with Crippen LogP contribution in [0.2, 0.25) is 0 Å². The molecule has 1 saturated carbocycles. The van der Waals surface area contributed by atoms with Crippen LogP contribution in [-0.2, 0) is 9.59 Å². The molecule has 2 fully saturated rings. The molecule has 1 heterocycles. The second-order valence-corrected chi connectivity index (χ2v) is 4.72. The molecular weight excluding hydrogens is 206 g/mol. The topological polar surface area (TPSA) is 75.4 Å². The molecule has 2 aliphatic rings. The number of carbonyl (C=O) groups is 2. The highest BCUT2D eigenvalue weighted by Crippen LogP contribution is 2.28. The van der Waals surface area contributed by atoms with E-state index in [1.165, 1.54) is 12.8 Å². The number of imide groups is 1. The summed E-state index contributed by atoms with van der Waals surface area (Å²) in [5, 5.41) is 2.33. The van der Waals surface area contributed by atoms with Gasteiger partial charge in [-0.15, -0.1) is 0 Å². The molecule has 16 heavy (non-hydrogen) atoms. The van der Waals surface area contributed by atoms with Gasteiger partial charge in [-0.05, 0) is 25.3 Å². The van der Waals surface area contributed by atoms with Gasteiger partial charge in [-0.25, -0.2) is 0 Å². The zero-order chi connectivity index (χ0) is 11.5. The third-order valence-electron chi connectivity index (χ3n) is 3.61. The van der Waals surface area contributed by atoms with Gasteiger partial charge in [0, 0.05) is 6.04 Å². The molecule has 0 spiro atoms. The summed E-state index contributed by atoms with van der Waals surface area (Å²) in [5.41, 5.74) is 5.76. The van der Waals surface area contributed by atoms with Crippen LogP contribution in [0.5, 0.6) is 0 Å². The van der Waals surface area contributed by atoms with Gasteiger partial charge >= 0.3 is 0 Å². The van der Waals surface area contributed by atoms with Gasteiger partial charge in [0.05, 0.1) is 13.1 Å². The molecule has 2 unspecified atom stereocenters. The molecule has 0 aromatic carbocycles. The monoisotopic (exact) mass is 225 g/mol. The lowest BCUT2D eigenvalue weighted by atomic mass is 9.83. The van der Waals surface area contributed by atoms with E-state index in [-0.39, 0.29) is 11.8 Å². The average Bonchev–Trinajstić information content (AvgIpc) is 2.27. The number of piperazine rings is 1. The Kier molecular flexibility index (Phi) is 3.56. The summed E-state index contributed by atoms with van der Waals surface area (Å²) in [6.45, 7) is 1.33. The maximum Gasteiger partial charge on any atom is 0.240 e. The Morgan fingerprint density at radius 3 is 2.44 bits per heavy atom. The molecule has 1 aliphatic carbocycles. The molecule has 2 atom stereocenters. The van der Waals surface area contributed by atoms with E-state index in [2.05, 4.69) is 5.32 Å². The van der Waals surface area contributed by atoms with Crippen molar-refractivity contribution < 1.29 is 9.59 Å². The van der Waals surface area contributed by atoms with Crippen molar-refractivity contribution in [3.05, 3.63) is 0 Å². The molecule has 0 radical (unpaired) electrons. The Hall–Kier alpha value is -0.940. The minimum atomic E-state index is -0.183. The Bertz CT molecular complexity index is 277. The van der Waals surface area contributed by atoms with Crippen molar-refractivity contribution in [1.29, 1.82) is 0 Å². The Morgan fingerprint density at radius 2 is 1.81 bits per heavy atom. The summed E-state index contributed by atoms with van der Waals surface area (Å²) < 4.78 is 0. The van der Waals surface area contributed by atoms with Crippen molar-refractivity contribution >= 4 is 11.8 Å².